The molecule has 2 heterocycles. The minimum atomic E-state index is -0.126. The minimum Gasteiger partial charge on any atom is -0.342 e. The van der Waals surface area contributed by atoms with Crippen LogP contribution in [0.5, 0.6) is 0 Å². The van der Waals surface area contributed by atoms with Crippen molar-refractivity contribution in [1.29, 1.82) is 0 Å². The number of anilines is 1. The van der Waals surface area contributed by atoms with E-state index in [1.54, 1.807) is 11.1 Å². The predicted molar refractivity (Wildman–Crippen MR) is 75.1 cm³/mol. The van der Waals surface area contributed by atoms with Crippen LogP contribution >= 0.6 is 0 Å². The van der Waals surface area contributed by atoms with Crippen molar-refractivity contribution in [1.82, 2.24) is 15.1 Å². The van der Waals surface area contributed by atoms with E-state index in [9.17, 15) is 9.59 Å². The van der Waals surface area contributed by atoms with Crippen molar-refractivity contribution >= 4 is 28.4 Å². The van der Waals surface area contributed by atoms with Gasteiger partial charge < -0.3 is 10.2 Å². The number of rotatable bonds is 2. The third-order valence-corrected chi connectivity index (χ3v) is 3.71. The number of amides is 2. The number of aromatic nitrogens is 2. The van der Waals surface area contributed by atoms with Gasteiger partial charge in [-0.1, -0.05) is 0 Å². The van der Waals surface area contributed by atoms with Crippen LogP contribution in [0.3, 0.4) is 0 Å². The average molecular weight is 272 g/mol. The summed E-state index contributed by atoms with van der Waals surface area (Å²) < 4.78 is 0. The van der Waals surface area contributed by atoms with Crippen molar-refractivity contribution in [3.8, 4) is 0 Å². The third-order valence-electron chi connectivity index (χ3n) is 3.71. The molecule has 1 saturated heterocycles. The predicted octanol–water partition coefficient (Wildman–Crippen LogP) is 1.37. The molecule has 3 rings (SSSR count). The van der Waals surface area contributed by atoms with Gasteiger partial charge in [0.15, 0.2) is 0 Å². The lowest BCUT2D eigenvalue weighted by Crippen LogP contribution is -2.29. The maximum atomic E-state index is 12.2. The molecule has 1 aromatic heterocycles. The van der Waals surface area contributed by atoms with Crippen LogP contribution < -0.4 is 5.32 Å². The fourth-order valence-electron chi connectivity index (χ4n) is 2.53. The molecule has 104 valence electrons. The van der Waals surface area contributed by atoms with Gasteiger partial charge in [-0.2, -0.15) is 5.10 Å². The van der Waals surface area contributed by atoms with Crippen molar-refractivity contribution in [2.45, 2.75) is 13.3 Å². The van der Waals surface area contributed by atoms with Crippen molar-refractivity contribution in [3.05, 3.63) is 24.4 Å². The Morgan fingerprint density at radius 2 is 2.30 bits per heavy atom. The molecule has 0 saturated carbocycles. The first kappa shape index (κ1) is 12.7. The van der Waals surface area contributed by atoms with Crippen LogP contribution in [-0.2, 0) is 9.59 Å². The first-order valence-electron chi connectivity index (χ1n) is 6.63. The second-order valence-corrected chi connectivity index (χ2v) is 5.11. The lowest BCUT2D eigenvalue weighted by atomic mass is 10.1. The van der Waals surface area contributed by atoms with E-state index in [-0.39, 0.29) is 17.7 Å². The number of nitrogens with one attached hydrogen (secondary N) is 2. The summed E-state index contributed by atoms with van der Waals surface area (Å²) in [5.41, 5.74) is 1.69. The topological polar surface area (TPSA) is 78.1 Å². The van der Waals surface area contributed by atoms with Gasteiger partial charge >= 0.3 is 0 Å². The maximum absolute atomic E-state index is 12.2. The number of hydrogen-bond acceptors (Lipinski definition) is 3. The number of aromatic amines is 1. The molecule has 0 aliphatic carbocycles. The largest absolute Gasteiger partial charge is 0.342 e. The molecular formula is C14H16N4O2. The van der Waals surface area contributed by atoms with E-state index in [1.807, 2.05) is 18.2 Å². The van der Waals surface area contributed by atoms with Gasteiger partial charge in [0.25, 0.3) is 0 Å². The Hall–Kier alpha value is -2.37. The van der Waals surface area contributed by atoms with Crippen molar-refractivity contribution in [3.63, 3.8) is 0 Å². The fraction of sp³-hybridized carbons (Fsp3) is 0.357. The Morgan fingerprint density at radius 1 is 1.45 bits per heavy atom. The molecule has 20 heavy (non-hydrogen) atoms. The van der Waals surface area contributed by atoms with E-state index in [0.717, 1.165) is 23.0 Å². The van der Waals surface area contributed by atoms with Gasteiger partial charge in [0, 0.05) is 31.1 Å². The molecule has 1 aliphatic heterocycles. The van der Waals surface area contributed by atoms with E-state index in [2.05, 4.69) is 15.5 Å². The molecular weight excluding hydrogens is 256 g/mol. The van der Waals surface area contributed by atoms with Gasteiger partial charge in [-0.15, -0.1) is 0 Å². The van der Waals surface area contributed by atoms with Crippen molar-refractivity contribution in [2.75, 3.05) is 18.4 Å². The minimum absolute atomic E-state index is 0.0279. The monoisotopic (exact) mass is 272 g/mol. The van der Waals surface area contributed by atoms with Gasteiger partial charge in [-0.25, -0.2) is 0 Å². The lowest BCUT2D eigenvalue weighted by Gasteiger charge is -2.14. The summed E-state index contributed by atoms with van der Waals surface area (Å²) in [5, 5.41) is 10.7. The Bertz CT molecular complexity index is 664. The highest BCUT2D eigenvalue weighted by molar-refractivity contribution is 5.95. The molecule has 0 radical (unpaired) electrons. The van der Waals surface area contributed by atoms with E-state index in [4.69, 9.17) is 0 Å². The molecule has 1 fully saturated rings. The van der Waals surface area contributed by atoms with Gasteiger partial charge in [0.05, 0.1) is 17.6 Å². The van der Waals surface area contributed by atoms with E-state index in [1.165, 1.54) is 6.92 Å². The van der Waals surface area contributed by atoms with E-state index in [0.29, 0.717) is 13.1 Å². The zero-order valence-electron chi connectivity index (χ0n) is 11.2. The lowest BCUT2D eigenvalue weighted by molar-refractivity contribution is -0.128. The van der Waals surface area contributed by atoms with Crippen LogP contribution in [0.2, 0.25) is 0 Å². The second-order valence-electron chi connectivity index (χ2n) is 5.11. The van der Waals surface area contributed by atoms with Crippen molar-refractivity contribution < 1.29 is 9.59 Å². The normalized spacial score (nSPS) is 18.4. The third kappa shape index (κ3) is 2.36. The number of H-pyrrole nitrogens is 1. The number of fused-ring (bicyclic) bond motifs is 1. The fourth-order valence-corrected chi connectivity index (χ4v) is 2.53. The summed E-state index contributed by atoms with van der Waals surface area (Å²) in [4.78, 5) is 25.2. The summed E-state index contributed by atoms with van der Waals surface area (Å²) in [7, 11) is 0. The summed E-state index contributed by atoms with van der Waals surface area (Å²) in [5.74, 6) is -0.129. The number of hydrogen-bond donors (Lipinski definition) is 2. The van der Waals surface area contributed by atoms with Gasteiger partial charge in [-0.05, 0) is 24.6 Å². The Morgan fingerprint density at radius 3 is 3.05 bits per heavy atom. The first-order valence-corrected chi connectivity index (χ1v) is 6.63. The molecule has 0 bridgehead atoms. The summed E-state index contributed by atoms with van der Waals surface area (Å²) in [6, 6.07) is 5.61. The van der Waals surface area contributed by atoms with Crippen molar-refractivity contribution in [2.24, 2.45) is 5.92 Å². The quantitative estimate of drug-likeness (QED) is 0.866. The maximum Gasteiger partial charge on any atom is 0.229 e. The van der Waals surface area contributed by atoms with Gasteiger partial charge in [0.2, 0.25) is 11.8 Å². The van der Waals surface area contributed by atoms with E-state index >= 15 is 0 Å². The van der Waals surface area contributed by atoms with Crippen LogP contribution in [0.25, 0.3) is 10.9 Å². The van der Waals surface area contributed by atoms with Crippen LogP contribution in [0.1, 0.15) is 13.3 Å². The van der Waals surface area contributed by atoms with Crippen LogP contribution in [0, 0.1) is 5.92 Å². The van der Waals surface area contributed by atoms with Crippen LogP contribution in [0.15, 0.2) is 24.4 Å². The van der Waals surface area contributed by atoms with Crippen LogP contribution in [-0.4, -0.2) is 40.0 Å². The number of carbonyl (C=O) groups excluding carboxylic acids is 2. The van der Waals surface area contributed by atoms with Gasteiger partial charge in [-0.3, -0.25) is 14.7 Å². The van der Waals surface area contributed by atoms with Crippen LogP contribution in [0.4, 0.5) is 5.69 Å². The molecule has 2 amide bonds. The molecule has 2 N–H and O–H groups in total. The molecule has 1 aliphatic rings. The molecule has 0 unspecified atom stereocenters. The Balaban J connectivity index is 1.68. The summed E-state index contributed by atoms with van der Waals surface area (Å²) in [6.45, 7) is 2.70. The first-order chi connectivity index (χ1) is 9.63. The molecule has 2 aromatic rings. The highest BCUT2D eigenvalue weighted by Gasteiger charge is 2.29. The second kappa shape index (κ2) is 4.96. The smallest absolute Gasteiger partial charge is 0.229 e. The number of carbonyl (C=O) groups is 2. The Labute approximate surface area is 116 Å². The SMILES string of the molecule is CC(=O)N1CC[C@H](C(=O)Nc2ccc3[nH]ncc3c2)C1. The Kier molecular flexibility index (Phi) is 3.14. The number of likely N-dealkylation sites (tertiary alicyclic amines) is 1. The molecule has 1 atom stereocenters. The number of benzene rings is 1. The molecule has 0 spiro atoms. The summed E-state index contributed by atoms with van der Waals surface area (Å²) >= 11 is 0. The molecule has 6 nitrogen and oxygen atoms in total. The highest BCUT2D eigenvalue weighted by atomic mass is 16.2. The molecule has 6 heteroatoms. The summed E-state index contributed by atoms with van der Waals surface area (Å²) in [6.07, 6.45) is 2.44. The number of nitrogens with zero attached hydrogens (tertiary/aromatic N) is 2. The zero-order valence-corrected chi connectivity index (χ0v) is 11.2. The average Bonchev–Trinajstić information content (AvgIpc) is 3.07. The standard InChI is InChI=1S/C14H16N4O2/c1-9(19)18-5-4-10(8-18)14(20)16-12-2-3-13-11(6-12)7-15-17-13/h2-3,6-7,10H,4-5,8H2,1H3,(H,15,17)(H,16,20)/t10-/m0/s1. The molecule has 1 aromatic carbocycles. The van der Waals surface area contributed by atoms with E-state index < -0.39 is 0 Å². The van der Waals surface area contributed by atoms with Gasteiger partial charge in [0.1, 0.15) is 0 Å². The highest BCUT2D eigenvalue weighted by Crippen LogP contribution is 2.21. The zero-order chi connectivity index (χ0) is 14.1.